The average molecular weight is 321 g/mol. The van der Waals surface area contributed by atoms with Gasteiger partial charge in [-0.25, -0.2) is 13.4 Å². The highest BCUT2D eigenvalue weighted by Gasteiger charge is 2.20. The van der Waals surface area contributed by atoms with Crippen LogP contribution in [0.5, 0.6) is 0 Å². The van der Waals surface area contributed by atoms with Gasteiger partial charge in [-0.1, -0.05) is 12.1 Å². The number of hydrogen-bond donors (Lipinski definition) is 1. The molecule has 3 rings (SSSR count). The Bertz CT molecular complexity index is 753. The Morgan fingerprint density at radius 1 is 1.27 bits per heavy atom. The van der Waals surface area contributed by atoms with Crippen molar-refractivity contribution < 1.29 is 13.5 Å². The van der Waals surface area contributed by atoms with Gasteiger partial charge in [-0.3, -0.25) is 4.90 Å². The van der Waals surface area contributed by atoms with Gasteiger partial charge < -0.3 is 9.67 Å². The monoisotopic (exact) mass is 321 g/mol. The van der Waals surface area contributed by atoms with Crippen molar-refractivity contribution in [3.8, 4) is 0 Å². The smallest absolute Gasteiger partial charge is 0.175 e. The minimum atomic E-state index is -3.20. The third-order valence-electron chi connectivity index (χ3n) is 3.95. The molecular formula is C15H19N3O3S. The predicted molar refractivity (Wildman–Crippen MR) is 82.0 cm³/mol. The number of rotatable bonds is 4. The van der Waals surface area contributed by atoms with Crippen LogP contribution in [-0.2, 0) is 22.9 Å². The summed E-state index contributed by atoms with van der Waals surface area (Å²) < 4.78 is 25.0. The van der Waals surface area contributed by atoms with Crippen molar-refractivity contribution in [2.75, 3.05) is 19.3 Å². The van der Waals surface area contributed by atoms with Crippen LogP contribution in [0.1, 0.15) is 17.5 Å². The van der Waals surface area contributed by atoms with E-state index in [9.17, 15) is 13.5 Å². The first kappa shape index (κ1) is 15.2. The molecule has 0 saturated carbocycles. The van der Waals surface area contributed by atoms with E-state index in [2.05, 4.69) is 14.5 Å². The lowest BCUT2D eigenvalue weighted by molar-refractivity contribution is 0.0962. The van der Waals surface area contributed by atoms with Crippen LogP contribution in [0.4, 0.5) is 0 Å². The molecule has 1 aliphatic rings. The number of nitrogens with zero attached hydrogens (tertiary/aromatic N) is 3. The van der Waals surface area contributed by atoms with Crippen molar-refractivity contribution in [1.82, 2.24) is 14.5 Å². The number of hydrogen-bond acceptors (Lipinski definition) is 5. The quantitative estimate of drug-likeness (QED) is 0.903. The summed E-state index contributed by atoms with van der Waals surface area (Å²) in [5.41, 5.74) is 0.723. The molecule has 0 amide bonds. The summed E-state index contributed by atoms with van der Waals surface area (Å²) in [6, 6.07) is 6.42. The molecule has 0 spiro atoms. The van der Waals surface area contributed by atoms with Crippen molar-refractivity contribution in [3.63, 3.8) is 0 Å². The molecule has 118 valence electrons. The van der Waals surface area contributed by atoms with Crippen LogP contribution in [0.3, 0.4) is 0 Å². The van der Waals surface area contributed by atoms with E-state index in [1.165, 1.54) is 18.4 Å². The number of benzene rings is 1. The average Bonchev–Trinajstić information content (AvgIpc) is 2.94. The summed E-state index contributed by atoms with van der Waals surface area (Å²) in [5, 5.41) is 10.3. The first-order valence-electron chi connectivity index (χ1n) is 7.14. The molecule has 1 atom stereocenters. The number of aromatic nitrogens is 2. The predicted octanol–water partition coefficient (Wildman–Crippen LogP) is 0.836. The fraction of sp³-hybridized carbons (Fsp3) is 0.400. The first-order chi connectivity index (χ1) is 10.4. The third kappa shape index (κ3) is 3.21. The molecule has 0 aliphatic carbocycles. The Morgan fingerprint density at radius 2 is 2.00 bits per heavy atom. The summed E-state index contributed by atoms with van der Waals surface area (Å²) in [6.07, 6.45) is 4.29. The zero-order chi connectivity index (χ0) is 15.7. The second-order valence-electron chi connectivity index (χ2n) is 5.63. The molecule has 1 aromatic carbocycles. The maximum Gasteiger partial charge on any atom is 0.175 e. The number of sulfone groups is 1. The lowest BCUT2D eigenvalue weighted by Gasteiger charge is -2.29. The van der Waals surface area contributed by atoms with Gasteiger partial charge in [-0.05, 0) is 17.7 Å². The van der Waals surface area contributed by atoms with Gasteiger partial charge in [0.1, 0.15) is 5.82 Å². The lowest BCUT2D eigenvalue weighted by atomic mass is 10.1. The molecule has 6 nitrogen and oxygen atoms in total. The van der Waals surface area contributed by atoms with E-state index in [-0.39, 0.29) is 4.90 Å². The van der Waals surface area contributed by atoms with E-state index in [1.807, 2.05) is 6.20 Å². The number of β-amino-alcohol motifs (C(OH)–C–C–N with tert-alkyl or cyclic N) is 1. The van der Waals surface area contributed by atoms with Crippen molar-refractivity contribution in [1.29, 1.82) is 0 Å². The molecule has 0 unspecified atom stereocenters. The zero-order valence-electron chi connectivity index (χ0n) is 12.4. The largest absolute Gasteiger partial charge is 0.387 e. The van der Waals surface area contributed by atoms with E-state index < -0.39 is 15.9 Å². The van der Waals surface area contributed by atoms with E-state index in [1.54, 1.807) is 18.3 Å². The Labute approximate surface area is 129 Å². The molecule has 0 bridgehead atoms. The van der Waals surface area contributed by atoms with Crippen LogP contribution in [0.15, 0.2) is 41.6 Å². The topological polar surface area (TPSA) is 75.4 Å². The molecule has 1 aliphatic heterocycles. The van der Waals surface area contributed by atoms with Gasteiger partial charge >= 0.3 is 0 Å². The van der Waals surface area contributed by atoms with Crippen LogP contribution in [0.25, 0.3) is 0 Å². The number of fused-ring (bicyclic) bond motifs is 1. The highest BCUT2D eigenvalue weighted by atomic mass is 32.2. The van der Waals surface area contributed by atoms with Gasteiger partial charge in [0.2, 0.25) is 0 Å². The van der Waals surface area contributed by atoms with E-state index >= 15 is 0 Å². The summed E-state index contributed by atoms with van der Waals surface area (Å²) in [4.78, 5) is 6.72. The standard InChI is InChI=1S/C15H19N3O3S/c1-22(20,21)13-4-2-12(3-5-13)14(19)10-17-8-9-18-7-6-16-15(18)11-17/h2-7,14,19H,8-11H2,1H3/t14-/m1/s1. The van der Waals surface area contributed by atoms with E-state index in [0.29, 0.717) is 13.1 Å². The van der Waals surface area contributed by atoms with Crippen molar-refractivity contribution >= 4 is 9.84 Å². The normalized spacial score (nSPS) is 17.2. The lowest BCUT2D eigenvalue weighted by Crippen LogP contribution is -2.36. The molecule has 2 aromatic rings. The van der Waals surface area contributed by atoms with Gasteiger partial charge in [0.25, 0.3) is 0 Å². The Hall–Kier alpha value is -1.70. The summed E-state index contributed by atoms with van der Waals surface area (Å²) in [7, 11) is -3.20. The van der Waals surface area contributed by atoms with Gasteiger partial charge in [0, 0.05) is 38.3 Å². The molecule has 0 radical (unpaired) electrons. The van der Waals surface area contributed by atoms with Crippen molar-refractivity contribution in [3.05, 3.63) is 48.0 Å². The SMILES string of the molecule is CS(=O)(=O)c1ccc([C@H](O)CN2CCn3ccnc3C2)cc1. The third-order valence-corrected chi connectivity index (χ3v) is 5.08. The van der Waals surface area contributed by atoms with E-state index in [4.69, 9.17) is 0 Å². The molecular weight excluding hydrogens is 302 g/mol. The minimum absolute atomic E-state index is 0.267. The van der Waals surface area contributed by atoms with Gasteiger partial charge in [-0.2, -0.15) is 0 Å². The van der Waals surface area contributed by atoms with Crippen molar-refractivity contribution in [2.24, 2.45) is 0 Å². The van der Waals surface area contributed by atoms with Crippen LogP contribution in [-0.4, -0.2) is 47.3 Å². The molecule has 1 aromatic heterocycles. The second-order valence-corrected chi connectivity index (χ2v) is 7.64. The summed E-state index contributed by atoms with van der Waals surface area (Å²) in [6.45, 7) is 2.95. The van der Waals surface area contributed by atoms with Gasteiger partial charge in [-0.15, -0.1) is 0 Å². The highest BCUT2D eigenvalue weighted by molar-refractivity contribution is 7.90. The Morgan fingerprint density at radius 3 is 2.68 bits per heavy atom. The van der Waals surface area contributed by atoms with Crippen LogP contribution in [0.2, 0.25) is 0 Å². The fourth-order valence-electron chi connectivity index (χ4n) is 2.67. The first-order valence-corrected chi connectivity index (χ1v) is 9.03. The maximum absolute atomic E-state index is 11.4. The molecule has 1 N–H and O–H groups in total. The summed E-state index contributed by atoms with van der Waals surface area (Å²) >= 11 is 0. The Balaban J connectivity index is 1.66. The Kier molecular flexibility index (Phi) is 4.03. The number of imidazole rings is 1. The minimum Gasteiger partial charge on any atom is -0.387 e. The zero-order valence-corrected chi connectivity index (χ0v) is 13.2. The maximum atomic E-state index is 11.4. The van der Waals surface area contributed by atoms with Crippen LogP contribution >= 0.6 is 0 Å². The molecule has 22 heavy (non-hydrogen) atoms. The highest BCUT2D eigenvalue weighted by Crippen LogP contribution is 2.19. The number of aliphatic hydroxyl groups is 1. The van der Waals surface area contributed by atoms with E-state index in [0.717, 1.165) is 24.5 Å². The van der Waals surface area contributed by atoms with Crippen LogP contribution < -0.4 is 0 Å². The summed E-state index contributed by atoms with van der Waals surface area (Å²) in [5.74, 6) is 1.01. The molecule has 0 saturated heterocycles. The number of aliphatic hydroxyl groups excluding tert-OH is 1. The fourth-order valence-corrected chi connectivity index (χ4v) is 3.30. The van der Waals surface area contributed by atoms with Gasteiger partial charge in [0.15, 0.2) is 9.84 Å². The van der Waals surface area contributed by atoms with Crippen molar-refractivity contribution in [2.45, 2.75) is 24.1 Å². The molecule has 2 heterocycles. The van der Waals surface area contributed by atoms with Gasteiger partial charge in [0.05, 0.1) is 17.5 Å². The molecule has 7 heteroatoms. The van der Waals surface area contributed by atoms with Crippen LogP contribution in [0, 0.1) is 0 Å². The molecule has 0 fully saturated rings. The second kappa shape index (κ2) is 5.83.